The number of hydrogen-bond donors (Lipinski definition) is 1. The summed E-state index contributed by atoms with van der Waals surface area (Å²) in [5, 5.41) is 2.37. The van der Waals surface area contributed by atoms with E-state index >= 15 is 4.39 Å². The SMILES string of the molecule is CNS(=O)(=O)CC(=O)N1CC(F)(c2ccc(C3=NOC(c4cc(Cl)c(F)c(Cl)c4)(C(F)(F)F)C3)cc2)C1. The maximum absolute atomic E-state index is 15.3. The van der Waals surface area contributed by atoms with Gasteiger partial charge >= 0.3 is 6.18 Å². The molecule has 1 atom stereocenters. The number of hydrogen-bond acceptors (Lipinski definition) is 5. The van der Waals surface area contributed by atoms with Crippen LogP contribution in [0.5, 0.6) is 0 Å². The number of nitrogens with one attached hydrogen (secondary N) is 1. The van der Waals surface area contributed by atoms with Gasteiger partial charge in [-0.3, -0.25) is 4.79 Å². The first-order valence-corrected chi connectivity index (χ1v) is 13.0. The van der Waals surface area contributed by atoms with Crippen molar-refractivity contribution in [3.63, 3.8) is 0 Å². The molecule has 200 valence electrons. The van der Waals surface area contributed by atoms with Crippen LogP contribution in [-0.4, -0.2) is 57.0 Å². The van der Waals surface area contributed by atoms with Gasteiger partial charge in [0.1, 0.15) is 5.75 Å². The van der Waals surface area contributed by atoms with Crippen LogP contribution in [0.4, 0.5) is 22.0 Å². The number of benzene rings is 2. The van der Waals surface area contributed by atoms with E-state index in [0.29, 0.717) is 0 Å². The van der Waals surface area contributed by atoms with E-state index in [4.69, 9.17) is 28.0 Å². The van der Waals surface area contributed by atoms with Crippen LogP contribution in [0.25, 0.3) is 0 Å². The molecule has 0 saturated carbocycles. The van der Waals surface area contributed by atoms with E-state index in [2.05, 4.69) is 5.16 Å². The number of carbonyl (C=O) groups excluding carboxylic acids is 1. The van der Waals surface area contributed by atoms with Gasteiger partial charge in [-0.25, -0.2) is 21.9 Å². The monoisotopic (exact) mass is 585 g/mol. The molecule has 1 N–H and O–H groups in total. The lowest BCUT2D eigenvalue weighted by atomic mass is 9.85. The van der Waals surface area contributed by atoms with Crippen molar-refractivity contribution in [1.29, 1.82) is 0 Å². The summed E-state index contributed by atoms with van der Waals surface area (Å²) in [6, 6.07) is 6.93. The second kappa shape index (κ2) is 9.37. The molecule has 1 amide bonds. The second-order valence-corrected chi connectivity index (χ2v) is 11.4. The van der Waals surface area contributed by atoms with Crippen molar-refractivity contribution in [3.8, 4) is 0 Å². The van der Waals surface area contributed by atoms with Crippen molar-refractivity contribution < 1.29 is 40.0 Å². The summed E-state index contributed by atoms with van der Waals surface area (Å²) in [4.78, 5) is 18.0. The minimum atomic E-state index is -4.98. The molecule has 0 radical (unpaired) electrons. The Kier molecular flexibility index (Phi) is 6.97. The number of alkyl halides is 4. The van der Waals surface area contributed by atoms with Gasteiger partial charge < -0.3 is 9.74 Å². The van der Waals surface area contributed by atoms with Crippen molar-refractivity contribution in [2.75, 3.05) is 25.9 Å². The average Bonchev–Trinajstić information content (AvgIpc) is 3.27. The van der Waals surface area contributed by atoms with Gasteiger partial charge in [-0.15, -0.1) is 0 Å². The first kappa shape index (κ1) is 27.6. The fourth-order valence-corrected chi connectivity index (χ4v) is 5.19. The fourth-order valence-electron chi connectivity index (χ4n) is 4.05. The first-order chi connectivity index (χ1) is 17.1. The van der Waals surface area contributed by atoms with Gasteiger partial charge in [0.2, 0.25) is 15.9 Å². The summed E-state index contributed by atoms with van der Waals surface area (Å²) in [6.45, 7) is -0.754. The molecule has 2 aromatic carbocycles. The summed E-state index contributed by atoms with van der Waals surface area (Å²) in [7, 11) is -2.65. The molecule has 1 saturated heterocycles. The highest BCUT2D eigenvalue weighted by molar-refractivity contribution is 7.90. The summed E-state index contributed by atoms with van der Waals surface area (Å²) >= 11 is 11.4. The third kappa shape index (κ3) is 5.01. The van der Waals surface area contributed by atoms with Crippen LogP contribution in [0.3, 0.4) is 0 Å². The predicted molar refractivity (Wildman–Crippen MR) is 125 cm³/mol. The highest BCUT2D eigenvalue weighted by atomic mass is 35.5. The molecule has 2 heterocycles. The molecule has 7 nitrogen and oxygen atoms in total. The minimum Gasteiger partial charge on any atom is -0.374 e. The highest BCUT2D eigenvalue weighted by Gasteiger charge is 2.62. The van der Waals surface area contributed by atoms with Crippen LogP contribution in [-0.2, 0) is 30.9 Å². The number of sulfonamides is 1. The van der Waals surface area contributed by atoms with Crippen molar-refractivity contribution >= 4 is 44.8 Å². The third-order valence-electron chi connectivity index (χ3n) is 6.23. The summed E-state index contributed by atoms with van der Waals surface area (Å²) in [6.07, 6.45) is -5.76. The van der Waals surface area contributed by atoms with Gasteiger partial charge in [0.05, 0.1) is 28.8 Å². The molecule has 0 aliphatic carbocycles. The molecule has 0 spiro atoms. The summed E-state index contributed by atoms with van der Waals surface area (Å²) in [5.74, 6) is -2.65. The lowest BCUT2D eigenvalue weighted by Gasteiger charge is -2.44. The molecule has 15 heteroatoms. The molecule has 2 aliphatic heterocycles. The zero-order chi connectivity index (χ0) is 27.4. The van der Waals surface area contributed by atoms with Gasteiger partial charge in [-0.1, -0.05) is 52.6 Å². The Labute approximate surface area is 218 Å². The van der Waals surface area contributed by atoms with Gasteiger partial charge in [-0.2, -0.15) is 13.2 Å². The van der Waals surface area contributed by atoms with Crippen LogP contribution in [0.1, 0.15) is 23.1 Å². The summed E-state index contributed by atoms with van der Waals surface area (Å²) < 4.78 is 96.6. The van der Waals surface area contributed by atoms with Gasteiger partial charge in [-0.05, 0) is 30.3 Å². The van der Waals surface area contributed by atoms with E-state index in [1.165, 1.54) is 24.3 Å². The predicted octanol–water partition coefficient (Wildman–Crippen LogP) is 4.27. The van der Waals surface area contributed by atoms with Crippen LogP contribution in [0.15, 0.2) is 41.6 Å². The highest BCUT2D eigenvalue weighted by Crippen LogP contribution is 2.50. The number of nitrogens with zero attached hydrogens (tertiary/aromatic N) is 2. The van der Waals surface area contributed by atoms with E-state index < -0.39 is 67.0 Å². The normalized spacial score (nSPS) is 21.3. The largest absolute Gasteiger partial charge is 0.435 e. The first-order valence-electron chi connectivity index (χ1n) is 10.6. The Balaban J connectivity index is 1.51. The number of oxime groups is 1. The van der Waals surface area contributed by atoms with Crippen molar-refractivity contribution in [2.45, 2.75) is 23.9 Å². The van der Waals surface area contributed by atoms with E-state index in [1.807, 2.05) is 4.72 Å². The van der Waals surface area contributed by atoms with E-state index in [0.717, 1.165) is 24.1 Å². The van der Waals surface area contributed by atoms with Crippen LogP contribution >= 0.6 is 23.2 Å². The van der Waals surface area contributed by atoms with E-state index in [-0.39, 0.29) is 29.9 Å². The lowest BCUT2D eigenvalue weighted by molar-refractivity contribution is -0.275. The van der Waals surface area contributed by atoms with Crippen molar-refractivity contribution in [3.05, 3.63) is 69.0 Å². The average molecular weight is 586 g/mol. The standard InChI is InChI=1S/C22H18Cl2F5N3O4S/c1-30-37(34,35)9-18(33)32-10-20(26,11-32)13-4-2-12(3-5-13)17-8-21(36-31-17,22(27,28)29)14-6-15(23)19(25)16(24)7-14/h2-7,30H,8-11H2,1H3. The number of amides is 1. The Bertz CT molecular complexity index is 1360. The Morgan fingerprint density at radius 1 is 1.14 bits per heavy atom. The maximum atomic E-state index is 15.3. The van der Waals surface area contributed by atoms with E-state index in [1.54, 1.807) is 0 Å². The Morgan fingerprint density at radius 3 is 2.22 bits per heavy atom. The molecule has 4 rings (SSSR count). The molecule has 0 bridgehead atoms. The fraction of sp³-hybridized carbons (Fsp3) is 0.364. The number of halogens is 7. The molecular weight excluding hydrogens is 568 g/mol. The topological polar surface area (TPSA) is 88.1 Å². The smallest absolute Gasteiger partial charge is 0.374 e. The van der Waals surface area contributed by atoms with Crippen molar-refractivity contribution in [2.24, 2.45) is 5.16 Å². The quantitative estimate of drug-likeness (QED) is 0.405. The molecule has 2 aliphatic rings. The molecule has 1 unspecified atom stereocenters. The van der Waals surface area contributed by atoms with Gasteiger partial charge in [0, 0.05) is 12.0 Å². The number of rotatable bonds is 6. The molecule has 2 aromatic rings. The number of carbonyl (C=O) groups is 1. The van der Waals surface area contributed by atoms with Crippen LogP contribution in [0, 0.1) is 5.82 Å². The van der Waals surface area contributed by atoms with Gasteiger partial charge in [0.15, 0.2) is 11.5 Å². The Hall–Kier alpha value is -2.48. The summed E-state index contributed by atoms with van der Waals surface area (Å²) in [5.41, 5.74) is -5.19. The molecule has 0 aromatic heterocycles. The van der Waals surface area contributed by atoms with Crippen LogP contribution in [0.2, 0.25) is 10.0 Å². The molecule has 37 heavy (non-hydrogen) atoms. The zero-order valence-electron chi connectivity index (χ0n) is 18.9. The Morgan fingerprint density at radius 2 is 1.70 bits per heavy atom. The molecule has 1 fully saturated rings. The molecular formula is C22H18Cl2F5N3O4S. The van der Waals surface area contributed by atoms with Crippen LogP contribution < -0.4 is 4.72 Å². The second-order valence-electron chi connectivity index (χ2n) is 8.64. The minimum absolute atomic E-state index is 0.101. The van der Waals surface area contributed by atoms with Crippen molar-refractivity contribution in [1.82, 2.24) is 9.62 Å². The lowest BCUT2D eigenvalue weighted by Crippen LogP contribution is -2.60. The number of likely N-dealkylation sites (tertiary alicyclic amines) is 1. The van der Waals surface area contributed by atoms with Gasteiger partial charge in [0.25, 0.3) is 5.60 Å². The zero-order valence-corrected chi connectivity index (χ0v) is 21.2. The van der Waals surface area contributed by atoms with E-state index in [9.17, 15) is 30.8 Å². The maximum Gasteiger partial charge on any atom is 0.435 e. The third-order valence-corrected chi connectivity index (χ3v) is 8.03.